The molecule has 8 heteroatoms. The third-order valence-corrected chi connectivity index (χ3v) is 5.69. The minimum atomic E-state index is -0.817. The highest BCUT2D eigenvalue weighted by Crippen LogP contribution is 2.41. The lowest BCUT2D eigenvalue weighted by atomic mass is 9.89. The van der Waals surface area contributed by atoms with Crippen molar-refractivity contribution in [3.05, 3.63) is 46.9 Å². The highest BCUT2D eigenvalue weighted by atomic mass is 35.5. The summed E-state index contributed by atoms with van der Waals surface area (Å²) in [6.07, 6.45) is 2.43. The number of amides is 4. The van der Waals surface area contributed by atoms with Crippen LogP contribution in [0.5, 0.6) is 0 Å². The van der Waals surface area contributed by atoms with Crippen molar-refractivity contribution in [3.63, 3.8) is 0 Å². The number of carbonyl (C=O) groups is 3. The van der Waals surface area contributed by atoms with E-state index in [9.17, 15) is 14.4 Å². The van der Waals surface area contributed by atoms with Gasteiger partial charge in [-0.25, -0.2) is 9.69 Å². The molecular formula is C20H20ClN3O4. The number of hydrogen-bond donors (Lipinski definition) is 1. The number of fused-ring (bicyclic) bond motifs is 1. The predicted molar refractivity (Wildman–Crippen MR) is 105 cm³/mol. The van der Waals surface area contributed by atoms with E-state index in [0.29, 0.717) is 30.1 Å². The molecule has 2 aromatic rings. The van der Waals surface area contributed by atoms with Crippen molar-refractivity contribution >= 4 is 40.8 Å². The molecule has 2 aliphatic heterocycles. The van der Waals surface area contributed by atoms with Gasteiger partial charge in [0.05, 0.1) is 10.7 Å². The van der Waals surface area contributed by atoms with Crippen molar-refractivity contribution in [2.24, 2.45) is 0 Å². The van der Waals surface area contributed by atoms with Gasteiger partial charge in [-0.2, -0.15) is 0 Å². The summed E-state index contributed by atoms with van der Waals surface area (Å²) in [7, 11) is 0. The number of halogens is 1. The quantitative estimate of drug-likeness (QED) is 0.781. The molecule has 1 aromatic carbocycles. The number of anilines is 2. The van der Waals surface area contributed by atoms with Gasteiger partial charge in [-0.05, 0) is 63.4 Å². The molecular weight excluding hydrogens is 382 g/mol. The lowest BCUT2D eigenvalue weighted by Crippen LogP contribution is -2.49. The first-order valence-electron chi connectivity index (χ1n) is 9.15. The molecule has 2 saturated heterocycles. The smallest absolute Gasteiger partial charge is 0.332 e. The Morgan fingerprint density at radius 1 is 1.21 bits per heavy atom. The number of hydrogen-bond acceptors (Lipinski definition) is 4. The van der Waals surface area contributed by atoms with Crippen molar-refractivity contribution in [1.29, 1.82) is 0 Å². The van der Waals surface area contributed by atoms with Crippen LogP contribution in [-0.2, 0) is 4.79 Å². The van der Waals surface area contributed by atoms with Gasteiger partial charge in [0, 0.05) is 12.2 Å². The summed E-state index contributed by atoms with van der Waals surface area (Å²) >= 11 is 6.38. The number of urea groups is 1. The number of aryl methyl sites for hydroxylation is 1. The Hall–Kier alpha value is -2.80. The van der Waals surface area contributed by atoms with Crippen molar-refractivity contribution in [3.8, 4) is 0 Å². The van der Waals surface area contributed by atoms with Gasteiger partial charge in [0.2, 0.25) is 0 Å². The Morgan fingerprint density at radius 2 is 2.00 bits per heavy atom. The molecule has 0 bridgehead atoms. The Bertz CT molecular complexity index is 986. The van der Waals surface area contributed by atoms with Gasteiger partial charge in [0.1, 0.15) is 11.3 Å². The van der Waals surface area contributed by atoms with Gasteiger partial charge >= 0.3 is 6.03 Å². The molecule has 4 amide bonds. The third kappa shape index (κ3) is 2.86. The summed E-state index contributed by atoms with van der Waals surface area (Å²) in [5.74, 6) is 0.152. The molecule has 1 aromatic heterocycles. The molecule has 0 spiro atoms. The van der Waals surface area contributed by atoms with Gasteiger partial charge in [0.25, 0.3) is 11.8 Å². The van der Waals surface area contributed by atoms with Crippen LogP contribution in [-0.4, -0.2) is 34.8 Å². The number of rotatable bonds is 3. The molecule has 1 unspecified atom stereocenters. The number of piperidine rings is 1. The van der Waals surface area contributed by atoms with E-state index in [1.807, 2.05) is 0 Å². The molecule has 4 rings (SSSR count). The minimum absolute atomic E-state index is 0.187. The van der Waals surface area contributed by atoms with Crippen LogP contribution in [0.4, 0.5) is 16.2 Å². The second kappa shape index (κ2) is 6.67. The number of furan rings is 1. The van der Waals surface area contributed by atoms with Crippen molar-refractivity contribution in [2.45, 2.75) is 38.6 Å². The van der Waals surface area contributed by atoms with E-state index in [4.69, 9.17) is 16.0 Å². The molecule has 0 saturated carbocycles. The molecule has 3 heterocycles. The summed E-state index contributed by atoms with van der Waals surface area (Å²) in [6, 6.07) is 7.63. The predicted octanol–water partition coefficient (Wildman–Crippen LogP) is 4.20. The van der Waals surface area contributed by atoms with Crippen LogP contribution >= 0.6 is 11.6 Å². The van der Waals surface area contributed by atoms with Gasteiger partial charge < -0.3 is 14.6 Å². The van der Waals surface area contributed by atoms with Crippen LogP contribution in [0.2, 0.25) is 5.02 Å². The normalized spacial score (nSPS) is 21.8. The van der Waals surface area contributed by atoms with E-state index in [1.54, 1.807) is 43.0 Å². The van der Waals surface area contributed by atoms with Crippen LogP contribution in [0.3, 0.4) is 0 Å². The average molecular weight is 402 g/mol. The maximum atomic E-state index is 13.0. The van der Waals surface area contributed by atoms with E-state index in [2.05, 4.69) is 5.32 Å². The zero-order valence-corrected chi connectivity index (χ0v) is 16.4. The topological polar surface area (TPSA) is 82.9 Å². The maximum Gasteiger partial charge on any atom is 0.332 e. The second-order valence-corrected chi connectivity index (χ2v) is 7.74. The number of carbonyl (C=O) groups excluding carboxylic acids is 3. The lowest BCUT2D eigenvalue weighted by molar-refractivity contribution is -0.125. The summed E-state index contributed by atoms with van der Waals surface area (Å²) in [4.78, 5) is 40.8. The van der Waals surface area contributed by atoms with Crippen LogP contribution in [0.1, 0.15) is 42.5 Å². The molecule has 146 valence electrons. The number of nitrogens with one attached hydrogen (secondary N) is 1. The Kier molecular flexibility index (Phi) is 4.42. The lowest BCUT2D eigenvalue weighted by Gasteiger charge is -2.35. The zero-order chi connectivity index (χ0) is 20.1. The summed E-state index contributed by atoms with van der Waals surface area (Å²) in [5, 5.41) is 2.90. The first-order chi connectivity index (χ1) is 13.3. The fraction of sp³-hybridized carbons (Fsp3) is 0.350. The molecule has 2 aliphatic rings. The first-order valence-corrected chi connectivity index (χ1v) is 9.52. The van der Waals surface area contributed by atoms with Crippen molar-refractivity contribution < 1.29 is 18.8 Å². The van der Waals surface area contributed by atoms with Crippen LogP contribution in [0.15, 0.2) is 34.7 Å². The van der Waals surface area contributed by atoms with E-state index < -0.39 is 11.4 Å². The molecule has 2 fully saturated rings. The first kappa shape index (κ1) is 18.6. The highest BCUT2D eigenvalue weighted by Gasteiger charge is 2.55. The minimum Gasteiger partial charge on any atom is -0.456 e. The van der Waals surface area contributed by atoms with Gasteiger partial charge in [-0.15, -0.1) is 0 Å². The summed E-state index contributed by atoms with van der Waals surface area (Å²) in [6.45, 7) is 4.12. The molecule has 0 aliphatic carbocycles. The maximum absolute atomic E-state index is 13.0. The van der Waals surface area contributed by atoms with Crippen LogP contribution < -0.4 is 10.2 Å². The Morgan fingerprint density at radius 3 is 2.64 bits per heavy atom. The van der Waals surface area contributed by atoms with Gasteiger partial charge in [0.15, 0.2) is 5.76 Å². The average Bonchev–Trinajstić information content (AvgIpc) is 3.17. The van der Waals surface area contributed by atoms with Gasteiger partial charge in [-0.1, -0.05) is 11.6 Å². The zero-order valence-electron chi connectivity index (χ0n) is 15.6. The standard InChI is InChI=1S/C20H20ClN3O4/c1-12-5-8-16(28-12)17(25)22-13-6-7-15(14(21)11-13)24-18(26)20(2)9-3-4-10-23(20)19(24)27/h5-8,11H,3-4,9-10H2,1-2H3,(H,22,25). The SMILES string of the molecule is Cc1ccc(C(=O)Nc2ccc(N3C(=O)N4CCCCC4(C)C3=O)c(Cl)c2)o1. The molecule has 1 N–H and O–H groups in total. The molecule has 1 atom stereocenters. The monoisotopic (exact) mass is 401 g/mol. The highest BCUT2D eigenvalue weighted by molar-refractivity contribution is 6.36. The number of nitrogens with zero attached hydrogens (tertiary/aromatic N) is 2. The van der Waals surface area contributed by atoms with Crippen LogP contribution in [0.25, 0.3) is 0 Å². The molecule has 28 heavy (non-hydrogen) atoms. The van der Waals surface area contributed by atoms with Gasteiger partial charge in [-0.3, -0.25) is 9.59 Å². The largest absolute Gasteiger partial charge is 0.456 e. The Balaban J connectivity index is 1.59. The van der Waals surface area contributed by atoms with E-state index in [1.165, 1.54) is 6.07 Å². The van der Waals surface area contributed by atoms with E-state index in [0.717, 1.165) is 17.7 Å². The number of imide groups is 1. The van der Waals surface area contributed by atoms with Crippen molar-refractivity contribution in [1.82, 2.24) is 4.90 Å². The fourth-order valence-corrected chi connectivity index (χ4v) is 4.09. The van der Waals surface area contributed by atoms with E-state index in [-0.39, 0.29) is 22.7 Å². The third-order valence-electron chi connectivity index (χ3n) is 5.39. The Labute approximate surface area is 167 Å². The van der Waals surface area contributed by atoms with Crippen LogP contribution in [0, 0.1) is 6.92 Å². The van der Waals surface area contributed by atoms with E-state index >= 15 is 0 Å². The van der Waals surface area contributed by atoms with Crippen molar-refractivity contribution in [2.75, 3.05) is 16.8 Å². The second-order valence-electron chi connectivity index (χ2n) is 7.34. The summed E-state index contributed by atoms with van der Waals surface area (Å²) in [5.41, 5.74) is -0.0575. The summed E-state index contributed by atoms with van der Waals surface area (Å²) < 4.78 is 5.30. The molecule has 0 radical (unpaired) electrons. The molecule has 7 nitrogen and oxygen atoms in total. The number of benzene rings is 1. The fourth-order valence-electron chi connectivity index (χ4n) is 3.83.